The van der Waals surface area contributed by atoms with E-state index in [-0.39, 0.29) is 30.5 Å². The van der Waals surface area contributed by atoms with Gasteiger partial charge in [0.2, 0.25) is 11.8 Å². The molecule has 5 nitrogen and oxygen atoms in total. The molecule has 7 heteroatoms. The fraction of sp³-hybridized carbons (Fsp3) is 0.263. The SMILES string of the molecule is CCCN(CC(=O)Nc1cc(Cl)ccc1Cl)C(=O)Cc1ccc(O)cc1. The van der Waals surface area contributed by atoms with Crippen LogP contribution in [0.3, 0.4) is 0 Å². The Hall–Kier alpha value is -2.24. The van der Waals surface area contributed by atoms with Crippen LogP contribution in [0, 0.1) is 0 Å². The second-order valence-corrected chi connectivity index (χ2v) is 6.67. The second kappa shape index (κ2) is 9.46. The Balaban J connectivity index is 2.01. The lowest BCUT2D eigenvalue weighted by molar-refractivity contribution is -0.134. The van der Waals surface area contributed by atoms with Gasteiger partial charge in [-0.2, -0.15) is 0 Å². The largest absolute Gasteiger partial charge is 0.508 e. The third kappa shape index (κ3) is 5.93. The zero-order valence-electron chi connectivity index (χ0n) is 14.3. The van der Waals surface area contributed by atoms with Crippen LogP contribution in [0.5, 0.6) is 5.75 Å². The number of rotatable bonds is 7. The average Bonchev–Trinajstić information content (AvgIpc) is 2.59. The maximum Gasteiger partial charge on any atom is 0.244 e. The number of nitrogens with zero attached hydrogens (tertiary/aromatic N) is 1. The van der Waals surface area contributed by atoms with E-state index in [1.54, 1.807) is 30.3 Å². The number of nitrogens with one attached hydrogen (secondary N) is 1. The quantitative estimate of drug-likeness (QED) is 0.741. The van der Waals surface area contributed by atoms with Gasteiger partial charge >= 0.3 is 0 Å². The highest BCUT2D eigenvalue weighted by Crippen LogP contribution is 2.25. The Labute approximate surface area is 162 Å². The number of anilines is 1. The van der Waals surface area contributed by atoms with Crippen LogP contribution >= 0.6 is 23.2 Å². The molecular formula is C19H20Cl2N2O3. The Morgan fingerprint density at radius 2 is 1.81 bits per heavy atom. The molecule has 0 aliphatic heterocycles. The smallest absolute Gasteiger partial charge is 0.244 e. The zero-order valence-corrected chi connectivity index (χ0v) is 15.8. The van der Waals surface area contributed by atoms with Gasteiger partial charge in [0.1, 0.15) is 5.75 Å². The highest BCUT2D eigenvalue weighted by molar-refractivity contribution is 6.35. The summed E-state index contributed by atoms with van der Waals surface area (Å²) in [5.41, 5.74) is 1.18. The number of phenolic OH excluding ortho intramolecular Hbond substituents is 1. The molecule has 0 atom stereocenters. The lowest BCUT2D eigenvalue weighted by Gasteiger charge is -2.22. The first kappa shape index (κ1) is 20.1. The van der Waals surface area contributed by atoms with Crippen LogP contribution in [0.1, 0.15) is 18.9 Å². The lowest BCUT2D eigenvalue weighted by Crippen LogP contribution is -2.39. The van der Waals surface area contributed by atoms with Gasteiger partial charge < -0.3 is 15.3 Å². The predicted octanol–water partition coefficient (Wildman–Crippen LogP) is 4.12. The number of benzene rings is 2. The van der Waals surface area contributed by atoms with Gasteiger partial charge in [-0.1, -0.05) is 42.3 Å². The summed E-state index contributed by atoms with van der Waals surface area (Å²) in [5.74, 6) is -0.365. The normalized spacial score (nSPS) is 10.4. The van der Waals surface area contributed by atoms with Gasteiger partial charge in [0.25, 0.3) is 0 Å². The summed E-state index contributed by atoms with van der Waals surface area (Å²) >= 11 is 12.0. The third-order valence-corrected chi connectivity index (χ3v) is 4.24. The molecule has 0 saturated carbocycles. The minimum absolute atomic E-state index is 0.0758. The molecule has 0 aromatic heterocycles. The number of amides is 2. The lowest BCUT2D eigenvalue weighted by atomic mass is 10.1. The summed E-state index contributed by atoms with van der Waals surface area (Å²) in [4.78, 5) is 26.4. The minimum Gasteiger partial charge on any atom is -0.508 e. The molecule has 0 heterocycles. The van der Waals surface area contributed by atoms with E-state index in [4.69, 9.17) is 23.2 Å². The van der Waals surface area contributed by atoms with Crippen molar-refractivity contribution in [1.29, 1.82) is 0 Å². The van der Waals surface area contributed by atoms with Gasteiger partial charge in [-0.25, -0.2) is 0 Å². The molecule has 26 heavy (non-hydrogen) atoms. The van der Waals surface area contributed by atoms with Crippen LogP contribution in [-0.4, -0.2) is 34.9 Å². The van der Waals surface area contributed by atoms with Crippen molar-refractivity contribution in [2.24, 2.45) is 0 Å². The first-order valence-corrected chi connectivity index (χ1v) is 8.95. The van der Waals surface area contributed by atoms with Crippen molar-refractivity contribution in [1.82, 2.24) is 4.90 Å². The molecule has 0 fully saturated rings. The maximum atomic E-state index is 12.5. The molecule has 0 unspecified atom stereocenters. The molecule has 2 rings (SSSR count). The van der Waals surface area contributed by atoms with E-state index >= 15 is 0 Å². The molecule has 0 radical (unpaired) electrons. The molecule has 2 aromatic rings. The van der Waals surface area contributed by atoms with Gasteiger partial charge in [0.15, 0.2) is 0 Å². The van der Waals surface area contributed by atoms with Gasteiger partial charge in [-0.3, -0.25) is 9.59 Å². The molecule has 0 spiro atoms. The highest BCUT2D eigenvalue weighted by atomic mass is 35.5. The molecule has 138 valence electrons. The monoisotopic (exact) mass is 394 g/mol. The Morgan fingerprint density at radius 1 is 1.12 bits per heavy atom. The van der Waals surface area contributed by atoms with Crippen LogP contribution in [0.25, 0.3) is 0 Å². The van der Waals surface area contributed by atoms with Crippen molar-refractivity contribution in [3.63, 3.8) is 0 Å². The van der Waals surface area contributed by atoms with Crippen LogP contribution in [0.2, 0.25) is 10.0 Å². The van der Waals surface area contributed by atoms with Gasteiger partial charge in [-0.05, 0) is 42.3 Å². The van der Waals surface area contributed by atoms with Crippen molar-refractivity contribution < 1.29 is 14.7 Å². The van der Waals surface area contributed by atoms with Crippen molar-refractivity contribution in [2.75, 3.05) is 18.4 Å². The average molecular weight is 395 g/mol. The van der Waals surface area contributed by atoms with E-state index in [1.807, 2.05) is 6.92 Å². The number of halogens is 2. The van der Waals surface area contributed by atoms with Gasteiger partial charge in [0, 0.05) is 11.6 Å². The number of carbonyl (C=O) groups excluding carboxylic acids is 2. The molecule has 0 aliphatic rings. The van der Waals surface area contributed by atoms with Crippen LogP contribution in [0.4, 0.5) is 5.69 Å². The minimum atomic E-state index is -0.346. The first-order valence-electron chi connectivity index (χ1n) is 8.19. The standard InChI is InChI=1S/C19H20Cl2N2O3/c1-2-9-23(19(26)10-13-3-6-15(24)7-4-13)12-18(25)22-17-11-14(20)5-8-16(17)21/h3-8,11,24H,2,9-10,12H2,1H3,(H,22,25). The Kier molecular flexibility index (Phi) is 7.30. The molecular weight excluding hydrogens is 375 g/mol. The summed E-state index contributed by atoms with van der Waals surface area (Å²) in [6.07, 6.45) is 0.887. The van der Waals surface area contributed by atoms with E-state index in [0.29, 0.717) is 22.3 Å². The van der Waals surface area contributed by atoms with E-state index in [0.717, 1.165) is 12.0 Å². The van der Waals surface area contributed by atoms with Crippen molar-refractivity contribution >= 4 is 40.7 Å². The van der Waals surface area contributed by atoms with E-state index in [1.165, 1.54) is 17.0 Å². The number of hydrogen-bond acceptors (Lipinski definition) is 3. The van der Waals surface area contributed by atoms with E-state index < -0.39 is 0 Å². The maximum absolute atomic E-state index is 12.5. The second-order valence-electron chi connectivity index (χ2n) is 5.83. The van der Waals surface area contributed by atoms with Crippen molar-refractivity contribution in [3.05, 3.63) is 58.1 Å². The van der Waals surface area contributed by atoms with Crippen LogP contribution in [-0.2, 0) is 16.0 Å². The topological polar surface area (TPSA) is 69.6 Å². The van der Waals surface area contributed by atoms with Crippen molar-refractivity contribution in [2.45, 2.75) is 19.8 Å². The van der Waals surface area contributed by atoms with E-state index in [9.17, 15) is 14.7 Å². The Bertz CT molecular complexity index is 779. The number of aromatic hydroxyl groups is 1. The van der Waals surface area contributed by atoms with E-state index in [2.05, 4.69) is 5.32 Å². The van der Waals surface area contributed by atoms with Gasteiger partial charge in [0.05, 0.1) is 23.7 Å². The molecule has 0 bridgehead atoms. The van der Waals surface area contributed by atoms with Crippen molar-refractivity contribution in [3.8, 4) is 5.75 Å². The van der Waals surface area contributed by atoms with Gasteiger partial charge in [-0.15, -0.1) is 0 Å². The summed E-state index contributed by atoms with van der Waals surface area (Å²) in [7, 11) is 0. The number of phenols is 1. The summed E-state index contributed by atoms with van der Waals surface area (Å²) < 4.78 is 0. The fourth-order valence-corrected chi connectivity index (χ4v) is 2.76. The van der Waals surface area contributed by atoms with Crippen LogP contribution in [0.15, 0.2) is 42.5 Å². The van der Waals surface area contributed by atoms with Crippen LogP contribution < -0.4 is 5.32 Å². The fourth-order valence-electron chi connectivity index (χ4n) is 2.42. The highest BCUT2D eigenvalue weighted by Gasteiger charge is 2.17. The molecule has 2 aromatic carbocycles. The zero-order chi connectivity index (χ0) is 19.1. The summed E-state index contributed by atoms with van der Waals surface area (Å²) in [6, 6.07) is 11.2. The third-order valence-electron chi connectivity index (χ3n) is 3.67. The predicted molar refractivity (Wildman–Crippen MR) is 104 cm³/mol. The number of carbonyl (C=O) groups is 2. The molecule has 0 saturated heterocycles. The molecule has 2 N–H and O–H groups in total. The molecule has 2 amide bonds. The Morgan fingerprint density at radius 3 is 2.46 bits per heavy atom. The summed E-state index contributed by atoms with van der Waals surface area (Å²) in [5, 5.41) is 12.8. The number of hydrogen-bond donors (Lipinski definition) is 2. The first-order chi connectivity index (χ1) is 12.4. The molecule has 0 aliphatic carbocycles. The summed E-state index contributed by atoms with van der Waals surface area (Å²) in [6.45, 7) is 2.33.